The van der Waals surface area contributed by atoms with Crippen LogP contribution in [0.15, 0.2) is 48.5 Å². The van der Waals surface area contributed by atoms with Crippen LogP contribution in [0.2, 0.25) is 0 Å². The number of carbonyl (C=O) groups is 1. The Bertz CT molecular complexity index is 626. The van der Waals surface area contributed by atoms with E-state index in [0.29, 0.717) is 6.54 Å². The van der Waals surface area contributed by atoms with Gasteiger partial charge in [0, 0.05) is 12.5 Å². The minimum absolute atomic E-state index is 0.0276. The quantitative estimate of drug-likeness (QED) is 0.717. The second-order valence-corrected chi connectivity index (χ2v) is 6.10. The molecule has 1 atom stereocenters. The molecule has 1 unspecified atom stereocenters. The van der Waals surface area contributed by atoms with E-state index < -0.39 is 0 Å². The molecule has 0 aliphatic heterocycles. The molecule has 0 fully saturated rings. The Morgan fingerprint density at radius 1 is 0.960 bits per heavy atom. The Balaban J connectivity index is 2.04. The molecule has 0 saturated heterocycles. The zero-order chi connectivity index (χ0) is 18.2. The summed E-state index contributed by atoms with van der Waals surface area (Å²) in [5.74, 6) is -0.577. The van der Waals surface area contributed by atoms with Gasteiger partial charge in [-0.3, -0.25) is 4.79 Å². The lowest BCUT2D eigenvalue weighted by Gasteiger charge is -2.19. The van der Waals surface area contributed by atoms with Crippen molar-refractivity contribution >= 4 is 5.91 Å². The maximum atomic E-state index is 13.2. The van der Waals surface area contributed by atoms with Crippen molar-refractivity contribution in [2.75, 3.05) is 13.6 Å². The maximum Gasteiger partial charge on any atom is 0.236 e. The van der Waals surface area contributed by atoms with Crippen molar-refractivity contribution in [3.05, 3.63) is 71.3 Å². The first-order valence-electron chi connectivity index (χ1n) is 8.47. The number of carbonyl (C=O) groups excluding carboxylic acids is 1. The van der Waals surface area contributed by atoms with E-state index in [1.165, 1.54) is 24.3 Å². The van der Waals surface area contributed by atoms with E-state index in [4.69, 9.17) is 0 Å². The van der Waals surface area contributed by atoms with Crippen molar-refractivity contribution in [3.8, 4) is 0 Å². The summed E-state index contributed by atoms with van der Waals surface area (Å²) in [6, 6.07) is 12.5. The van der Waals surface area contributed by atoms with Gasteiger partial charge in [-0.2, -0.15) is 0 Å². The largest absolute Gasteiger partial charge is 0.355 e. The number of amides is 1. The third kappa shape index (κ3) is 5.64. The number of halogens is 2. The number of hydrogen-bond acceptors (Lipinski definition) is 2. The molecule has 0 saturated carbocycles. The van der Waals surface area contributed by atoms with Crippen LogP contribution < -0.4 is 10.6 Å². The topological polar surface area (TPSA) is 41.1 Å². The molecule has 0 aromatic heterocycles. The molecule has 3 nitrogen and oxygen atoms in total. The minimum atomic E-state index is -0.282. The summed E-state index contributed by atoms with van der Waals surface area (Å²) in [6.45, 7) is 2.36. The fourth-order valence-electron chi connectivity index (χ4n) is 2.72. The van der Waals surface area contributed by atoms with Gasteiger partial charge in [0.15, 0.2) is 0 Å². The van der Waals surface area contributed by atoms with E-state index in [2.05, 4.69) is 10.6 Å². The van der Waals surface area contributed by atoms with Crippen LogP contribution in [-0.4, -0.2) is 25.5 Å². The monoisotopic (exact) mass is 346 g/mol. The molecule has 2 N–H and O–H groups in total. The molecule has 2 aromatic rings. The third-order valence-electron chi connectivity index (χ3n) is 4.34. The predicted molar refractivity (Wildman–Crippen MR) is 95.4 cm³/mol. The van der Waals surface area contributed by atoms with Gasteiger partial charge in [0.05, 0.1) is 6.04 Å². The lowest BCUT2D eigenvalue weighted by atomic mass is 9.87. The average Bonchev–Trinajstić information content (AvgIpc) is 2.63. The smallest absolute Gasteiger partial charge is 0.236 e. The van der Waals surface area contributed by atoms with Gasteiger partial charge >= 0.3 is 0 Å². The summed E-state index contributed by atoms with van der Waals surface area (Å²) in [6.07, 6.45) is 1.53. The SMILES string of the molecule is CNC(C)C(=O)NCCCC(c1ccc(F)cc1)c1ccc(F)cc1. The highest BCUT2D eigenvalue weighted by Gasteiger charge is 2.15. The van der Waals surface area contributed by atoms with Gasteiger partial charge in [-0.05, 0) is 62.2 Å². The number of likely N-dealkylation sites (N-methyl/N-ethyl adjacent to an activating group) is 1. The fraction of sp³-hybridized carbons (Fsp3) is 0.350. The molecule has 2 aromatic carbocycles. The van der Waals surface area contributed by atoms with E-state index in [9.17, 15) is 13.6 Å². The predicted octanol–water partition coefficient (Wildman–Crippen LogP) is 3.60. The van der Waals surface area contributed by atoms with Gasteiger partial charge in [0.2, 0.25) is 5.91 Å². The Kier molecular flexibility index (Phi) is 7.07. The Morgan fingerprint density at radius 3 is 1.88 bits per heavy atom. The van der Waals surface area contributed by atoms with E-state index in [-0.39, 0.29) is 29.5 Å². The molecule has 0 aliphatic rings. The van der Waals surface area contributed by atoms with Gasteiger partial charge < -0.3 is 10.6 Å². The summed E-state index contributed by atoms with van der Waals surface area (Å²) >= 11 is 0. The molecule has 5 heteroatoms. The third-order valence-corrected chi connectivity index (χ3v) is 4.34. The van der Waals surface area contributed by atoms with Gasteiger partial charge in [-0.15, -0.1) is 0 Å². The fourth-order valence-corrected chi connectivity index (χ4v) is 2.72. The standard InChI is InChI=1S/C20H24F2N2O/c1-14(23-2)20(25)24-13-3-4-19(15-5-9-17(21)10-6-15)16-7-11-18(22)12-8-16/h5-12,14,19,23H,3-4,13H2,1-2H3,(H,24,25). The second kappa shape index (κ2) is 9.28. The highest BCUT2D eigenvalue weighted by molar-refractivity contribution is 5.81. The van der Waals surface area contributed by atoms with Crippen molar-refractivity contribution in [1.29, 1.82) is 0 Å². The van der Waals surface area contributed by atoms with Gasteiger partial charge in [-0.25, -0.2) is 8.78 Å². The van der Waals surface area contributed by atoms with Crippen molar-refractivity contribution in [2.45, 2.75) is 31.7 Å². The Hall–Kier alpha value is -2.27. The molecule has 134 valence electrons. The van der Waals surface area contributed by atoms with E-state index in [0.717, 1.165) is 24.0 Å². The summed E-state index contributed by atoms with van der Waals surface area (Å²) < 4.78 is 26.4. The lowest BCUT2D eigenvalue weighted by Crippen LogP contribution is -2.40. The summed E-state index contributed by atoms with van der Waals surface area (Å²) in [5.41, 5.74) is 1.95. The van der Waals surface area contributed by atoms with Crippen LogP contribution in [0.4, 0.5) is 8.78 Å². The van der Waals surface area contributed by atoms with Crippen LogP contribution in [-0.2, 0) is 4.79 Å². The number of benzene rings is 2. The zero-order valence-corrected chi connectivity index (χ0v) is 14.6. The van der Waals surface area contributed by atoms with Crippen molar-refractivity contribution in [2.24, 2.45) is 0 Å². The van der Waals surface area contributed by atoms with E-state index >= 15 is 0 Å². The minimum Gasteiger partial charge on any atom is -0.355 e. The molecule has 0 heterocycles. The lowest BCUT2D eigenvalue weighted by molar-refractivity contribution is -0.122. The molecule has 0 aliphatic carbocycles. The first-order valence-corrected chi connectivity index (χ1v) is 8.47. The van der Waals surface area contributed by atoms with Crippen LogP contribution in [0.3, 0.4) is 0 Å². The zero-order valence-electron chi connectivity index (χ0n) is 14.6. The maximum absolute atomic E-state index is 13.2. The molecule has 0 radical (unpaired) electrons. The number of hydrogen-bond donors (Lipinski definition) is 2. The second-order valence-electron chi connectivity index (χ2n) is 6.10. The number of rotatable bonds is 8. The van der Waals surface area contributed by atoms with Crippen LogP contribution in [0.5, 0.6) is 0 Å². The van der Waals surface area contributed by atoms with Gasteiger partial charge in [-0.1, -0.05) is 24.3 Å². The normalized spacial score (nSPS) is 12.2. The highest BCUT2D eigenvalue weighted by Crippen LogP contribution is 2.29. The molecular formula is C20H24F2N2O. The van der Waals surface area contributed by atoms with E-state index in [1.807, 2.05) is 0 Å². The Morgan fingerprint density at radius 2 is 1.44 bits per heavy atom. The van der Waals surface area contributed by atoms with Crippen molar-refractivity contribution < 1.29 is 13.6 Å². The molecule has 0 spiro atoms. The molecule has 2 rings (SSSR count). The van der Waals surface area contributed by atoms with Crippen molar-refractivity contribution in [1.82, 2.24) is 10.6 Å². The summed E-state index contributed by atoms with van der Waals surface area (Å²) in [7, 11) is 1.74. The molecule has 25 heavy (non-hydrogen) atoms. The highest BCUT2D eigenvalue weighted by atomic mass is 19.1. The van der Waals surface area contributed by atoms with Crippen LogP contribution in [0, 0.1) is 11.6 Å². The molecule has 0 bridgehead atoms. The van der Waals surface area contributed by atoms with E-state index in [1.54, 1.807) is 38.2 Å². The first-order chi connectivity index (χ1) is 12.0. The molecule has 1 amide bonds. The first kappa shape index (κ1) is 19.1. The van der Waals surface area contributed by atoms with Crippen LogP contribution >= 0.6 is 0 Å². The van der Waals surface area contributed by atoms with Crippen molar-refractivity contribution in [3.63, 3.8) is 0 Å². The molecular weight excluding hydrogens is 322 g/mol. The van der Waals surface area contributed by atoms with Gasteiger partial charge in [0.25, 0.3) is 0 Å². The number of nitrogens with one attached hydrogen (secondary N) is 2. The average molecular weight is 346 g/mol. The van der Waals surface area contributed by atoms with Gasteiger partial charge in [0.1, 0.15) is 11.6 Å². The van der Waals surface area contributed by atoms with Crippen LogP contribution in [0.1, 0.15) is 36.8 Å². The van der Waals surface area contributed by atoms with Crippen LogP contribution in [0.25, 0.3) is 0 Å². The summed E-state index contributed by atoms with van der Waals surface area (Å²) in [5, 5.41) is 5.78. The summed E-state index contributed by atoms with van der Waals surface area (Å²) in [4.78, 5) is 11.8. The Labute approximate surface area is 147 Å².